The molecule has 1 fully saturated rings. The van der Waals surface area contributed by atoms with Crippen molar-refractivity contribution in [1.82, 2.24) is 0 Å². The average Bonchev–Trinajstić information content (AvgIpc) is 2.84. The van der Waals surface area contributed by atoms with Crippen molar-refractivity contribution in [2.75, 3.05) is 23.9 Å². The van der Waals surface area contributed by atoms with Crippen molar-refractivity contribution in [3.05, 3.63) is 66.1 Å². The lowest BCUT2D eigenvalue weighted by Gasteiger charge is -2.29. The number of pyridine rings is 1. The summed E-state index contributed by atoms with van der Waals surface area (Å²) < 4.78 is 6.86. The molecule has 1 N–H and O–H groups in total. The fourth-order valence-corrected chi connectivity index (χ4v) is 4.27. The first-order valence-electron chi connectivity index (χ1n) is 12.0. The van der Waals surface area contributed by atoms with E-state index in [1.165, 1.54) is 12.4 Å². The van der Waals surface area contributed by atoms with Crippen LogP contribution in [0.2, 0.25) is 0 Å². The second kappa shape index (κ2) is 11.1. The van der Waals surface area contributed by atoms with Gasteiger partial charge in [-0.15, -0.1) is 0 Å². The first kappa shape index (κ1) is 24.3. The van der Waals surface area contributed by atoms with Gasteiger partial charge in [0.25, 0.3) is 5.91 Å². The number of amides is 1. The Hall–Kier alpha value is -3.81. The number of fused-ring (bicyclic) bond motifs is 1. The van der Waals surface area contributed by atoms with Crippen LogP contribution in [0.1, 0.15) is 39.5 Å². The number of benzene rings is 2. The van der Waals surface area contributed by atoms with Crippen molar-refractivity contribution in [2.24, 2.45) is 11.1 Å². The van der Waals surface area contributed by atoms with E-state index in [2.05, 4.69) is 29.2 Å². The molecular weight excluding hydrogens is 444 g/mol. The van der Waals surface area contributed by atoms with Gasteiger partial charge in [0, 0.05) is 30.4 Å². The number of ether oxygens (including phenoxy) is 1. The van der Waals surface area contributed by atoms with Crippen LogP contribution < -0.4 is 19.7 Å². The lowest BCUT2D eigenvalue weighted by Crippen LogP contribution is -2.35. The molecule has 1 amide bonds. The number of carbonyl (C=O) groups excluding carboxylic acids is 1. The molecule has 1 atom stereocenters. The van der Waals surface area contributed by atoms with Crippen LogP contribution in [0.4, 0.5) is 11.4 Å². The van der Waals surface area contributed by atoms with E-state index in [4.69, 9.17) is 9.57 Å². The van der Waals surface area contributed by atoms with E-state index in [0.717, 1.165) is 52.8 Å². The predicted molar refractivity (Wildman–Crippen MR) is 137 cm³/mol. The number of nitrogens with zero attached hydrogens (tertiary/aromatic N) is 3. The topological polar surface area (TPSA) is 90.1 Å². The van der Waals surface area contributed by atoms with Crippen LogP contribution in [-0.2, 0) is 9.63 Å². The largest absolute Gasteiger partial charge is 0.619 e. The number of anilines is 2. The fourth-order valence-electron chi connectivity index (χ4n) is 4.27. The van der Waals surface area contributed by atoms with Crippen molar-refractivity contribution < 1.29 is 19.1 Å². The molecule has 0 spiro atoms. The lowest BCUT2D eigenvalue weighted by atomic mass is 10.0. The molecule has 1 saturated heterocycles. The molecule has 35 heavy (non-hydrogen) atoms. The zero-order valence-corrected chi connectivity index (χ0v) is 20.4. The quantitative estimate of drug-likeness (QED) is 0.285. The maximum Gasteiger partial charge on any atom is 0.265 e. The van der Waals surface area contributed by atoms with Crippen molar-refractivity contribution in [2.45, 2.75) is 45.6 Å². The molecule has 1 aliphatic rings. The van der Waals surface area contributed by atoms with E-state index in [-0.39, 0.29) is 11.8 Å². The number of hydrogen-bond donors (Lipinski definition) is 1. The second-order valence-electron chi connectivity index (χ2n) is 9.17. The van der Waals surface area contributed by atoms with E-state index in [1.54, 1.807) is 19.2 Å². The van der Waals surface area contributed by atoms with Gasteiger partial charge in [-0.1, -0.05) is 25.1 Å². The van der Waals surface area contributed by atoms with Crippen LogP contribution in [0.25, 0.3) is 10.8 Å². The summed E-state index contributed by atoms with van der Waals surface area (Å²) in [6.45, 7) is 4.99. The van der Waals surface area contributed by atoms with Gasteiger partial charge in [-0.3, -0.25) is 4.79 Å². The highest BCUT2D eigenvalue weighted by Gasteiger charge is 2.23. The zero-order chi connectivity index (χ0) is 24.8. The molecule has 0 saturated carbocycles. The number of piperidine rings is 1. The molecule has 1 aliphatic heterocycles. The number of hydrogen-bond acceptors (Lipinski definition) is 5. The van der Waals surface area contributed by atoms with Crippen LogP contribution in [-0.4, -0.2) is 31.5 Å². The standard InChI is InChI=1S/C27H32N4O4/c1-19(2)16-25(35-24-12-7-20-13-15-30(33)18-21(20)17-24)27(32)28-22-8-10-23(11-9-22)31-14-5-4-6-26(31)29-34-3/h7-13,15,17-19,25H,4-6,14,16H2,1-3H3,(H,28,32)/b29-26-. The van der Waals surface area contributed by atoms with Crippen LogP contribution >= 0.6 is 0 Å². The van der Waals surface area contributed by atoms with Crippen molar-refractivity contribution >= 4 is 33.9 Å². The van der Waals surface area contributed by atoms with Gasteiger partial charge >= 0.3 is 0 Å². The SMILES string of the molecule is CO/N=C1/CCCCN1c1ccc(NC(=O)C(CC(C)C)Oc2ccc3cc[n+]([O-])cc3c2)cc1. The van der Waals surface area contributed by atoms with E-state index >= 15 is 0 Å². The third-order valence-electron chi connectivity index (χ3n) is 5.97. The van der Waals surface area contributed by atoms with Gasteiger partial charge in [0.05, 0.1) is 5.39 Å². The summed E-state index contributed by atoms with van der Waals surface area (Å²) in [5.41, 5.74) is 1.71. The molecule has 3 aromatic rings. The smallest absolute Gasteiger partial charge is 0.265 e. The van der Waals surface area contributed by atoms with Crippen LogP contribution in [0.5, 0.6) is 5.75 Å². The Morgan fingerprint density at radius 3 is 2.69 bits per heavy atom. The number of amidine groups is 1. The van der Waals surface area contributed by atoms with Crippen LogP contribution in [0, 0.1) is 11.1 Å². The summed E-state index contributed by atoms with van der Waals surface area (Å²) in [7, 11) is 1.56. The Kier molecular flexibility index (Phi) is 7.70. The van der Waals surface area contributed by atoms with Crippen molar-refractivity contribution in [1.29, 1.82) is 0 Å². The summed E-state index contributed by atoms with van der Waals surface area (Å²) >= 11 is 0. The molecule has 2 aromatic carbocycles. The predicted octanol–water partition coefficient (Wildman–Crippen LogP) is 4.86. The first-order valence-corrected chi connectivity index (χ1v) is 12.0. The molecule has 4 rings (SSSR count). The molecule has 0 radical (unpaired) electrons. The van der Waals surface area contributed by atoms with Crippen LogP contribution in [0.15, 0.2) is 66.1 Å². The monoisotopic (exact) mass is 476 g/mol. The minimum atomic E-state index is -0.669. The second-order valence-corrected chi connectivity index (χ2v) is 9.17. The van der Waals surface area contributed by atoms with Crippen molar-refractivity contribution in [3.8, 4) is 5.75 Å². The molecule has 1 aromatic heterocycles. The highest BCUT2D eigenvalue weighted by atomic mass is 16.6. The number of oxime groups is 1. The minimum Gasteiger partial charge on any atom is -0.619 e. The van der Waals surface area contributed by atoms with Gasteiger partial charge in [0.1, 0.15) is 18.7 Å². The Balaban J connectivity index is 1.47. The third kappa shape index (κ3) is 6.20. The molecule has 1 unspecified atom stereocenters. The summed E-state index contributed by atoms with van der Waals surface area (Å²) in [6, 6.07) is 15.0. The van der Waals surface area contributed by atoms with E-state index in [1.807, 2.05) is 36.4 Å². The Bertz CT molecular complexity index is 1190. The molecule has 2 heterocycles. The number of aromatic nitrogens is 1. The van der Waals surface area contributed by atoms with Crippen molar-refractivity contribution in [3.63, 3.8) is 0 Å². The minimum absolute atomic E-state index is 0.210. The molecule has 0 bridgehead atoms. The Labute approximate surface area is 205 Å². The number of carbonyl (C=O) groups is 1. The Morgan fingerprint density at radius 1 is 1.14 bits per heavy atom. The lowest BCUT2D eigenvalue weighted by molar-refractivity contribution is -0.603. The molecule has 8 nitrogen and oxygen atoms in total. The number of nitrogens with one attached hydrogen (secondary N) is 1. The summed E-state index contributed by atoms with van der Waals surface area (Å²) in [4.78, 5) is 20.3. The molecule has 0 aliphatic carbocycles. The Morgan fingerprint density at radius 2 is 1.94 bits per heavy atom. The summed E-state index contributed by atoms with van der Waals surface area (Å²) in [5.74, 6) is 1.52. The van der Waals surface area contributed by atoms with Gasteiger partial charge < -0.3 is 25.0 Å². The third-order valence-corrected chi connectivity index (χ3v) is 5.97. The molecular formula is C27H32N4O4. The summed E-state index contributed by atoms with van der Waals surface area (Å²) in [5, 5.41) is 20.5. The highest BCUT2D eigenvalue weighted by molar-refractivity contribution is 5.99. The van der Waals surface area contributed by atoms with Gasteiger partial charge in [-0.25, -0.2) is 0 Å². The summed E-state index contributed by atoms with van der Waals surface area (Å²) in [6.07, 6.45) is 5.91. The number of rotatable bonds is 8. The normalized spacial score (nSPS) is 15.9. The first-order chi connectivity index (χ1) is 16.9. The van der Waals surface area contributed by atoms with Gasteiger partial charge in [0.15, 0.2) is 18.5 Å². The maximum absolute atomic E-state index is 13.2. The van der Waals surface area contributed by atoms with E-state index in [0.29, 0.717) is 17.9 Å². The van der Waals surface area contributed by atoms with Gasteiger partial charge in [0.2, 0.25) is 0 Å². The highest BCUT2D eigenvalue weighted by Crippen LogP contribution is 2.25. The average molecular weight is 477 g/mol. The van der Waals surface area contributed by atoms with Crippen LogP contribution in [0.3, 0.4) is 0 Å². The maximum atomic E-state index is 13.2. The zero-order valence-electron chi connectivity index (χ0n) is 20.4. The van der Waals surface area contributed by atoms with Gasteiger partial charge in [-0.05, 0) is 67.0 Å². The van der Waals surface area contributed by atoms with E-state index < -0.39 is 6.10 Å². The van der Waals surface area contributed by atoms with Gasteiger partial charge in [-0.2, -0.15) is 4.73 Å². The molecule has 8 heteroatoms. The van der Waals surface area contributed by atoms with E-state index in [9.17, 15) is 10.0 Å². The fraction of sp³-hybridized carbons (Fsp3) is 0.370. The molecule has 184 valence electrons.